The Balaban J connectivity index is 1.92. The molecule has 25 heavy (non-hydrogen) atoms. The minimum atomic E-state index is -3.15. The van der Waals surface area contributed by atoms with E-state index in [-0.39, 0.29) is 24.0 Å². The summed E-state index contributed by atoms with van der Waals surface area (Å²) < 4.78 is 36.1. The first-order valence-electron chi connectivity index (χ1n) is 7.88. The SMILES string of the molecule is CN=C(NCC(=O)Nc1ccc(F)cc1)N1CCS(=O)(=O)C(C)(C)C1. The van der Waals surface area contributed by atoms with Gasteiger partial charge in [-0.25, -0.2) is 12.8 Å². The standard InChI is InChI=1S/C16H23FN4O3S/c1-16(2)11-21(8-9-25(16,23)24)15(18-3)19-10-14(22)20-13-6-4-12(17)5-7-13/h4-7H,8-11H2,1-3H3,(H,18,19)(H,20,22). The fourth-order valence-electron chi connectivity index (χ4n) is 2.55. The number of nitrogens with zero attached hydrogens (tertiary/aromatic N) is 2. The Kier molecular flexibility index (Phi) is 5.66. The molecule has 1 aliphatic rings. The highest BCUT2D eigenvalue weighted by Gasteiger charge is 2.40. The number of carbonyl (C=O) groups excluding carboxylic acids is 1. The Bertz CT molecular complexity index is 760. The first-order chi connectivity index (χ1) is 11.6. The van der Waals surface area contributed by atoms with E-state index in [2.05, 4.69) is 15.6 Å². The lowest BCUT2D eigenvalue weighted by Crippen LogP contribution is -2.57. The van der Waals surface area contributed by atoms with Crippen molar-refractivity contribution in [3.8, 4) is 0 Å². The van der Waals surface area contributed by atoms with Crippen LogP contribution < -0.4 is 10.6 Å². The molecule has 1 aromatic rings. The van der Waals surface area contributed by atoms with Crippen molar-refractivity contribution in [2.45, 2.75) is 18.6 Å². The van der Waals surface area contributed by atoms with Gasteiger partial charge in [0, 0.05) is 25.8 Å². The highest BCUT2D eigenvalue weighted by molar-refractivity contribution is 7.92. The zero-order valence-electron chi connectivity index (χ0n) is 14.5. The largest absolute Gasteiger partial charge is 0.347 e. The number of guanidine groups is 1. The van der Waals surface area contributed by atoms with Crippen LogP contribution >= 0.6 is 0 Å². The number of aliphatic imine (C=N–C) groups is 1. The maximum atomic E-state index is 12.9. The minimum Gasteiger partial charge on any atom is -0.347 e. The van der Waals surface area contributed by atoms with E-state index in [0.29, 0.717) is 24.7 Å². The van der Waals surface area contributed by atoms with Gasteiger partial charge in [-0.15, -0.1) is 0 Å². The fraction of sp³-hybridized carbons (Fsp3) is 0.500. The maximum Gasteiger partial charge on any atom is 0.243 e. The number of hydrogen-bond acceptors (Lipinski definition) is 4. The van der Waals surface area contributed by atoms with Crippen molar-refractivity contribution in [3.05, 3.63) is 30.1 Å². The second kappa shape index (κ2) is 7.38. The summed E-state index contributed by atoms with van der Waals surface area (Å²) in [5, 5.41) is 5.57. The van der Waals surface area contributed by atoms with Gasteiger partial charge < -0.3 is 15.5 Å². The second-order valence-corrected chi connectivity index (χ2v) is 9.20. The zero-order valence-corrected chi connectivity index (χ0v) is 15.4. The number of anilines is 1. The molecule has 2 rings (SSSR count). The number of nitrogens with one attached hydrogen (secondary N) is 2. The molecule has 9 heteroatoms. The normalized spacial score (nSPS) is 19.4. The lowest BCUT2D eigenvalue weighted by molar-refractivity contribution is -0.115. The van der Waals surface area contributed by atoms with Gasteiger partial charge in [0.2, 0.25) is 5.91 Å². The highest BCUT2D eigenvalue weighted by Crippen LogP contribution is 2.23. The van der Waals surface area contributed by atoms with Crippen LogP contribution in [-0.4, -0.2) is 62.4 Å². The Morgan fingerprint density at radius 1 is 1.32 bits per heavy atom. The number of carbonyl (C=O) groups is 1. The molecule has 1 aliphatic heterocycles. The van der Waals surface area contributed by atoms with E-state index in [1.54, 1.807) is 20.9 Å². The summed E-state index contributed by atoms with van der Waals surface area (Å²) in [4.78, 5) is 17.9. The van der Waals surface area contributed by atoms with Gasteiger partial charge in [-0.3, -0.25) is 9.79 Å². The Morgan fingerprint density at radius 2 is 1.96 bits per heavy atom. The molecule has 0 aliphatic carbocycles. The monoisotopic (exact) mass is 370 g/mol. The van der Waals surface area contributed by atoms with Crippen LogP contribution in [0.25, 0.3) is 0 Å². The predicted octanol–water partition coefficient (Wildman–Crippen LogP) is 0.849. The summed E-state index contributed by atoms with van der Waals surface area (Å²) in [7, 11) is -1.57. The van der Waals surface area contributed by atoms with Crippen LogP contribution in [0.2, 0.25) is 0 Å². The quantitative estimate of drug-likeness (QED) is 0.608. The van der Waals surface area contributed by atoms with Gasteiger partial charge >= 0.3 is 0 Å². The number of benzene rings is 1. The Morgan fingerprint density at radius 3 is 2.52 bits per heavy atom. The van der Waals surface area contributed by atoms with E-state index >= 15 is 0 Å². The Hall–Kier alpha value is -2.16. The number of rotatable bonds is 3. The Labute approximate surface area is 147 Å². The molecule has 0 aromatic heterocycles. The van der Waals surface area contributed by atoms with Crippen molar-refractivity contribution in [1.29, 1.82) is 0 Å². The lowest BCUT2D eigenvalue weighted by Gasteiger charge is -2.39. The summed E-state index contributed by atoms with van der Waals surface area (Å²) in [5.41, 5.74) is 0.494. The van der Waals surface area contributed by atoms with Gasteiger partial charge in [0.05, 0.1) is 17.0 Å². The second-order valence-electron chi connectivity index (χ2n) is 6.46. The molecule has 2 N–H and O–H groups in total. The third-order valence-electron chi connectivity index (χ3n) is 4.09. The van der Waals surface area contributed by atoms with E-state index in [1.165, 1.54) is 24.3 Å². The van der Waals surface area contributed by atoms with E-state index in [1.807, 2.05) is 4.90 Å². The number of amides is 1. The zero-order chi connectivity index (χ0) is 18.7. The van der Waals surface area contributed by atoms with E-state index in [0.717, 1.165) is 0 Å². The van der Waals surface area contributed by atoms with Crippen LogP contribution in [0.5, 0.6) is 0 Å². The van der Waals surface area contributed by atoms with E-state index in [4.69, 9.17) is 0 Å². The molecule has 0 saturated carbocycles. The third kappa shape index (κ3) is 4.68. The van der Waals surface area contributed by atoms with Crippen LogP contribution in [-0.2, 0) is 14.6 Å². The van der Waals surface area contributed by atoms with Crippen molar-refractivity contribution in [3.63, 3.8) is 0 Å². The van der Waals surface area contributed by atoms with Gasteiger partial charge in [0.1, 0.15) is 5.82 Å². The third-order valence-corrected chi connectivity index (χ3v) is 6.62. The van der Waals surface area contributed by atoms with Crippen LogP contribution in [0.4, 0.5) is 10.1 Å². The molecule has 0 spiro atoms. The first-order valence-corrected chi connectivity index (χ1v) is 9.53. The number of sulfone groups is 1. The fourth-order valence-corrected chi connectivity index (χ4v) is 3.92. The molecule has 0 unspecified atom stereocenters. The average Bonchev–Trinajstić information content (AvgIpc) is 2.53. The summed E-state index contributed by atoms with van der Waals surface area (Å²) in [5.74, 6) is -0.171. The van der Waals surface area contributed by atoms with Gasteiger partial charge in [-0.1, -0.05) is 0 Å². The number of hydrogen-bond donors (Lipinski definition) is 2. The van der Waals surface area contributed by atoms with Crippen LogP contribution in [0.15, 0.2) is 29.3 Å². The van der Waals surface area contributed by atoms with Crippen LogP contribution in [0, 0.1) is 5.82 Å². The molecule has 7 nitrogen and oxygen atoms in total. The topological polar surface area (TPSA) is 90.9 Å². The molecule has 1 fully saturated rings. The van der Waals surface area contributed by atoms with Crippen molar-refractivity contribution in [2.24, 2.45) is 4.99 Å². The smallest absolute Gasteiger partial charge is 0.243 e. The summed E-state index contributed by atoms with van der Waals surface area (Å²) in [6.45, 7) is 3.96. The van der Waals surface area contributed by atoms with Crippen molar-refractivity contribution in [1.82, 2.24) is 10.2 Å². The summed E-state index contributed by atoms with van der Waals surface area (Å²) in [6, 6.07) is 5.47. The van der Waals surface area contributed by atoms with E-state index < -0.39 is 14.6 Å². The van der Waals surface area contributed by atoms with Crippen molar-refractivity contribution in [2.75, 3.05) is 37.8 Å². The molecule has 1 aromatic carbocycles. The number of halogens is 1. The van der Waals surface area contributed by atoms with E-state index in [9.17, 15) is 17.6 Å². The molecule has 1 saturated heterocycles. The lowest BCUT2D eigenvalue weighted by atomic mass is 10.2. The summed E-state index contributed by atoms with van der Waals surface area (Å²) >= 11 is 0. The average molecular weight is 370 g/mol. The highest BCUT2D eigenvalue weighted by atomic mass is 32.2. The molecule has 0 bridgehead atoms. The van der Waals surface area contributed by atoms with Crippen molar-refractivity contribution >= 4 is 27.4 Å². The molecule has 0 radical (unpaired) electrons. The maximum absolute atomic E-state index is 12.9. The molecule has 138 valence electrons. The molecular weight excluding hydrogens is 347 g/mol. The van der Waals surface area contributed by atoms with Gasteiger partial charge in [0.25, 0.3) is 0 Å². The van der Waals surface area contributed by atoms with Crippen LogP contribution in [0.3, 0.4) is 0 Å². The van der Waals surface area contributed by atoms with Gasteiger partial charge in [0.15, 0.2) is 15.8 Å². The summed E-state index contributed by atoms with van der Waals surface area (Å²) in [6.07, 6.45) is 0. The van der Waals surface area contributed by atoms with Gasteiger partial charge in [-0.2, -0.15) is 0 Å². The van der Waals surface area contributed by atoms with Crippen molar-refractivity contribution < 1.29 is 17.6 Å². The van der Waals surface area contributed by atoms with Gasteiger partial charge in [-0.05, 0) is 38.1 Å². The molecule has 0 atom stereocenters. The molecule has 1 amide bonds. The molecule has 1 heterocycles. The van der Waals surface area contributed by atoms with Crippen LogP contribution in [0.1, 0.15) is 13.8 Å². The first kappa shape index (κ1) is 19.2. The molecular formula is C16H23FN4O3S. The predicted molar refractivity (Wildman–Crippen MR) is 95.8 cm³/mol. The minimum absolute atomic E-state index is 0.0340.